The van der Waals surface area contributed by atoms with Crippen molar-refractivity contribution in [1.29, 1.82) is 0 Å². The molecular formula is C19H19FN2S. The highest BCUT2D eigenvalue weighted by Crippen LogP contribution is 2.46. The smallest absolute Gasteiger partial charge is 0.123 e. The molecule has 1 heterocycles. The number of fused-ring (bicyclic) bond motifs is 2. The topological polar surface area (TPSA) is 27.8 Å². The van der Waals surface area contributed by atoms with E-state index in [1.54, 1.807) is 24.1 Å². The number of aromatic nitrogens is 1. The molecule has 0 amide bonds. The van der Waals surface area contributed by atoms with Crippen molar-refractivity contribution in [1.82, 2.24) is 4.98 Å². The number of nitrogens with one attached hydrogen (secondary N) is 2. The van der Waals surface area contributed by atoms with Gasteiger partial charge in [0.1, 0.15) is 5.82 Å². The van der Waals surface area contributed by atoms with Crippen molar-refractivity contribution in [2.24, 2.45) is 0 Å². The molecule has 2 N–H and O–H groups in total. The summed E-state index contributed by atoms with van der Waals surface area (Å²) in [5.74, 6) is -0.140. The lowest BCUT2D eigenvalue weighted by atomic mass is 9.77. The minimum Gasteiger partial charge on any atom is -0.359 e. The Kier molecular flexibility index (Phi) is 3.38. The van der Waals surface area contributed by atoms with Crippen molar-refractivity contribution >= 4 is 28.5 Å². The first-order valence-corrected chi connectivity index (χ1v) is 9.04. The molecule has 0 spiro atoms. The van der Waals surface area contributed by atoms with Gasteiger partial charge in [-0.25, -0.2) is 4.39 Å². The molecule has 1 aliphatic carbocycles. The summed E-state index contributed by atoms with van der Waals surface area (Å²) < 4.78 is 16.9. The van der Waals surface area contributed by atoms with Crippen molar-refractivity contribution in [3.05, 3.63) is 65.1 Å². The fraction of sp³-hybridized carbons (Fsp3) is 0.263. The maximum absolute atomic E-state index is 13.5. The van der Waals surface area contributed by atoms with E-state index in [1.807, 2.05) is 12.3 Å². The summed E-state index contributed by atoms with van der Waals surface area (Å²) in [5.41, 5.74) is 5.85. The third kappa shape index (κ3) is 2.16. The van der Waals surface area contributed by atoms with Gasteiger partial charge in [-0.05, 0) is 47.7 Å². The van der Waals surface area contributed by atoms with Crippen LogP contribution in [0.25, 0.3) is 10.9 Å². The highest BCUT2D eigenvalue weighted by Gasteiger charge is 2.37. The second-order valence-electron chi connectivity index (χ2n) is 6.37. The van der Waals surface area contributed by atoms with E-state index in [-0.39, 0.29) is 11.2 Å². The van der Waals surface area contributed by atoms with Gasteiger partial charge >= 0.3 is 0 Å². The largest absolute Gasteiger partial charge is 0.359 e. The van der Waals surface area contributed by atoms with Gasteiger partial charge in [0.25, 0.3) is 0 Å². The Balaban J connectivity index is 1.89. The number of anilines is 1. The second-order valence-corrected chi connectivity index (χ2v) is 6.98. The third-order valence-electron chi connectivity index (χ3n) is 5.08. The van der Waals surface area contributed by atoms with Gasteiger partial charge in [0.15, 0.2) is 0 Å². The number of halogens is 1. The molecule has 23 heavy (non-hydrogen) atoms. The van der Waals surface area contributed by atoms with Crippen LogP contribution in [0.3, 0.4) is 0 Å². The van der Waals surface area contributed by atoms with Crippen LogP contribution < -0.4 is 4.72 Å². The Hall–Kier alpha value is -1.94. The average Bonchev–Trinajstić information content (AvgIpc) is 3.11. The van der Waals surface area contributed by atoms with E-state index in [1.165, 1.54) is 16.5 Å². The van der Waals surface area contributed by atoms with E-state index < -0.39 is 0 Å². The number of benzene rings is 2. The van der Waals surface area contributed by atoms with Crippen LogP contribution in [0, 0.1) is 5.82 Å². The molecule has 0 bridgehead atoms. The van der Waals surface area contributed by atoms with Crippen LogP contribution in [0.5, 0.6) is 0 Å². The normalized spacial score (nSPS) is 20.0. The summed E-state index contributed by atoms with van der Waals surface area (Å²) in [6.07, 6.45) is 6.08. The van der Waals surface area contributed by atoms with Crippen molar-refractivity contribution in [2.45, 2.75) is 25.2 Å². The molecular weight excluding hydrogens is 307 g/mol. The standard InChI is InChI=1S/C19H19FN2S/c1-19(9-8-12-10-13(20)6-7-15(12)19)16-11-21-18-14(16)4-3-5-17(18)22-23-2/h3-7,10-11,21-22H,8-9H2,1-2H3. The lowest BCUT2D eigenvalue weighted by Crippen LogP contribution is -2.19. The van der Waals surface area contributed by atoms with Crippen molar-refractivity contribution in [3.63, 3.8) is 0 Å². The molecule has 1 atom stereocenters. The summed E-state index contributed by atoms with van der Waals surface area (Å²) in [7, 11) is 0. The van der Waals surface area contributed by atoms with Gasteiger partial charge in [-0.1, -0.05) is 37.1 Å². The molecule has 1 aliphatic rings. The lowest BCUT2D eigenvalue weighted by Gasteiger charge is -2.25. The minimum atomic E-state index is -0.140. The van der Waals surface area contributed by atoms with Gasteiger partial charge < -0.3 is 9.71 Å². The van der Waals surface area contributed by atoms with Gasteiger partial charge in [-0.3, -0.25) is 0 Å². The first kappa shape index (κ1) is 14.6. The van der Waals surface area contributed by atoms with E-state index in [0.717, 1.165) is 29.6 Å². The molecule has 0 fully saturated rings. The zero-order valence-electron chi connectivity index (χ0n) is 13.2. The van der Waals surface area contributed by atoms with E-state index in [4.69, 9.17) is 0 Å². The monoisotopic (exact) mass is 326 g/mol. The quantitative estimate of drug-likeness (QED) is 0.643. The Bertz CT molecular complexity index is 886. The second kappa shape index (κ2) is 5.31. The zero-order chi connectivity index (χ0) is 16.0. The van der Waals surface area contributed by atoms with Crippen LogP contribution in [0.1, 0.15) is 30.0 Å². The maximum Gasteiger partial charge on any atom is 0.123 e. The van der Waals surface area contributed by atoms with Crippen LogP contribution in [0.2, 0.25) is 0 Å². The highest BCUT2D eigenvalue weighted by atomic mass is 32.2. The number of para-hydroxylation sites is 1. The predicted molar refractivity (Wildman–Crippen MR) is 96.6 cm³/mol. The molecule has 118 valence electrons. The molecule has 0 aliphatic heterocycles. The summed E-state index contributed by atoms with van der Waals surface area (Å²) in [6.45, 7) is 2.27. The van der Waals surface area contributed by atoms with Crippen LogP contribution >= 0.6 is 11.9 Å². The average molecular weight is 326 g/mol. The van der Waals surface area contributed by atoms with E-state index in [0.29, 0.717) is 0 Å². The van der Waals surface area contributed by atoms with Gasteiger partial charge in [0.05, 0.1) is 11.2 Å². The molecule has 4 rings (SSSR count). The first-order valence-electron chi connectivity index (χ1n) is 7.82. The molecule has 2 aromatic carbocycles. The number of aryl methyl sites for hydroxylation is 1. The fourth-order valence-corrected chi connectivity index (χ4v) is 4.30. The number of H-pyrrole nitrogens is 1. The molecule has 3 aromatic rings. The van der Waals surface area contributed by atoms with E-state index in [2.05, 4.69) is 41.0 Å². The summed E-state index contributed by atoms with van der Waals surface area (Å²) in [5, 5.41) is 1.24. The highest BCUT2D eigenvalue weighted by molar-refractivity contribution is 7.99. The molecule has 1 aromatic heterocycles. The maximum atomic E-state index is 13.5. The van der Waals surface area contributed by atoms with E-state index in [9.17, 15) is 4.39 Å². The Morgan fingerprint density at radius 1 is 1.22 bits per heavy atom. The van der Waals surface area contributed by atoms with Crippen LogP contribution in [0.15, 0.2) is 42.6 Å². The Morgan fingerprint density at radius 3 is 2.91 bits per heavy atom. The number of aromatic amines is 1. The SMILES string of the molecule is CSNc1cccc2c(C3(C)CCc4cc(F)ccc43)c[nH]c12. The minimum absolute atomic E-state index is 0.0702. The predicted octanol–water partition coefficient (Wildman–Crippen LogP) is 5.25. The molecule has 0 saturated carbocycles. The van der Waals surface area contributed by atoms with Gasteiger partial charge in [0, 0.05) is 23.3 Å². The molecule has 0 saturated heterocycles. The fourth-order valence-electron chi connectivity index (χ4n) is 3.91. The zero-order valence-corrected chi connectivity index (χ0v) is 14.1. The summed E-state index contributed by atoms with van der Waals surface area (Å²) >= 11 is 1.59. The molecule has 1 unspecified atom stereocenters. The van der Waals surface area contributed by atoms with Gasteiger partial charge in [-0.15, -0.1) is 0 Å². The third-order valence-corrected chi connectivity index (χ3v) is 5.50. The Labute approximate surface area is 139 Å². The number of rotatable bonds is 3. The van der Waals surface area contributed by atoms with Crippen LogP contribution in [-0.4, -0.2) is 11.2 Å². The summed E-state index contributed by atoms with van der Waals surface area (Å²) in [4.78, 5) is 3.44. The first-order chi connectivity index (χ1) is 11.1. The van der Waals surface area contributed by atoms with Crippen molar-refractivity contribution in [3.8, 4) is 0 Å². The van der Waals surface area contributed by atoms with E-state index >= 15 is 0 Å². The van der Waals surface area contributed by atoms with Gasteiger partial charge in [-0.2, -0.15) is 0 Å². The molecule has 0 radical (unpaired) electrons. The Morgan fingerprint density at radius 2 is 2.09 bits per heavy atom. The van der Waals surface area contributed by atoms with Crippen molar-refractivity contribution < 1.29 is 4.39 Å². The lowest BCUT2D eigenvalue weighted by molar-refractivity contribution is 0.570. The van der Waals surface area contributed by atoms with Crippen LogP contribution in [0.4, 0.5) is 10.1 Å². The summed E-state index contributed by atoms with van der Waals surface area (Å²) in [6, 6.07) is 11.6. The van der Waals surface area contributed by atoms with Gasteiger partial charge in [0.2, 0.25) is 0 Å². The van der Waals surface area contributed by atoms with Crippen molar-refractivity contribution in [2.75, 3.05) is 11.0 Å². The van der Waals surface area contributed by atoms with Crippen LogP contribution in [-0.2, 0) is 11.8 Å². The molecule has 2 nitrogen and oxygen atoms in total. The number of hydrogen-bond donors (Lipinski definition) is 2. The number of hydrogen-bond acceptors (Lipinski definition) is 2. The molecule has 4 heteroatoms.